The second kappa shape index (κ2) is 16.0. The third-order valence-electron chi connectivity index (χ3n) is 7.90. The molecule has 0 radical (unpaired) electrons. The van der Waals surface area contributed by atoms with Crippen molar-refractivity contribution < 1.29 is 27.3 Å². The molecule has 9 nitrogen and oxygen atoms in total. The van der Waals surface area contributed by atoms with Gasteiger partial charge in [0.25, 0.3) is 5.89 Å². The largest absolute Gasteiger partial charge is 0.494 e. The highest BCUT2D eigenvalue weighted by atomic mass is 32.2. The van der Waals surface area contributed by atoms with E-state index in [4.69, 9.17) is 9.26 Å². The van der Waals surface area contributed by atoms with Gasteiger partial charge in [0.15, 0.2) is 5.78 Å². The highest BCUT2D eigenvalue weighted by Crippen LogP contribution is 2.26. The SMILES string of the molecule is CCCCCCCOc1ccc(-c2nc(-c3ccc(C[C@H](CC(=O)c4ccc(C(C)(C)C)cc4)C(=O)NS(C)(=O)=O)cc3)no2)cc1. The molecule has 0 bridgehead atoms. The van der Waals surface area contributed by atoms with Crippen LogP contribution in [0, 0.1) is 5.92 Å². The number of nitrogens with zero attached hydrogens (tertiary/aromatic N) is 2. The summed E-state index contributed by atoms with van der Waals surface area (Å²) in [6.45, 7) is 9.15. The topological polar surface area (TPSA) is 128 Å². The molecule has 0 saturated carbocycles. The standard InChI is InChI=1S/C37H45N3O6S/c1-6-7-8-9-10-23-45-32-21-17-29(18-22-32)36-38-34(39-46-36)28-13-11-26(12-14-28)24-30(35(42)40-47(5,43)44)25-33(41)27-15-19-31(20-16-27)37(2,3)4/h11-22,30H,6-10,23-25H2,1-5H3,(H,40,42)/t30-/m1/s1. The Morgan fingerprint density at radius 1 is 0.872 bits per heavy atom. The van der Waals surface area contributed by atoms with Crippen molar-refractivity contribution in [2.45, 2.75) is 78.1 Å². The number of amides is 1. The summed E-state index contributed by atoms with van der Waals surface area (Å²) >= 11 is 0. The summed E-state index contributed by atoms with van der Waals surface area (Å²) in [5.74, 6) is -0.279. The van der Waals surface area contributed by atoms with Gasteiger partial charge in [-0.2, -0.15) is 4.98 Å². The maximum atomic E-state index is 13.2. The number of sulfonamides is 1. The first-order chi connectivity index (χ1) is 22.3. The van der Waals surface area contributed by atoms with Gasteiger partial charge in [0.2, 0.25) is 21.8 Å². The molecular formula is C37H45N3O6S. The summed E-state index contributed by atoms with van der Waals surface area (Å²) in [6, 6.07) is 22.1. The monoisotopic (exact) mass is 659 g/mol. The Morgan fingerprint density at radius 2 is 1.51 bits per heavy atom. The van der Waals surface area contributed by atoms with E-state index in [0.717, 1.165) is 35.1 Å². The zero-order valence-corrected chi connectivity index (χ0v) is 28.7. The fourth-order valence-corrected chi connectivity index (χ4v) is 5.68. The third kappa shape index (κ3) is 10.9. The smallest absolute Gasteiger partial charge is 0.258 e. The molecule has 0 aliphatic carbocycles. The van der Waals surface area contributed by atoms with Crippen LogP contribution >= 0.6 is 0 Å². The highest BCUT2D eigenvalue weighted by molar-refractivity contribution is 7.89. The van der Waals surface area contributed by atoms with Gasteiger partial charge in [0.05, 0.1) is 18.8 Å². The molecule has 4 aromatic rings. The second-order valence-corrected chi connectivity index (χ2v) is 14.7. The molecule has 47 heavy (non-hydrogen) atoms. The Morgan fingerprint density at radius 3 is 2.13 bits per heavy atom. The quantitative estimate of drug-likeness (QED) is 0.0964. The fraction of sp³-hybridized carbons (Fsp3) is 0.405. The maximum Gasteiger partial charge on any atom is 0.258 e. The maximum absolute atomic E-state index is 13.2. The molecule has 0 aliphatic rings. The number of aromatic nitrogens is 2. The van der Waals surface area contributed by atoms with Crippen molar-refractivity contribution >= 4 is 21.7 Å². The minimum atomic E-state index is -3.80. The second-order valence-electron chi connectivity index (χ2n) is 13.0. The molecule has 1 amide bonds. The lowest BCUT2D eigenvalue weighted by molar-refractivity contribution is -0.123. The van der Waals surface area contributed by atoms with Crippen molar-refractivity contribution in [3.63, 3.8) is 0 Å². The third-order valence-corrected chi connectivity index (χ3v) is 8.47. The average Bonchev–Trinajstić information content (AvgIpc) is 3.52. The molecule has 1 aromatic heterocycles. The molecule has 10 heteroatoms. The summed E-state index contributed by atoms with van der Waals surface area (Å²) in [6.07, 6.45) is 6.86. The van der Waals surface area contributed by atoms with E-state index in [-0.39, 0.29) is 24.0 Å². The van der Waals surface area contributed by atoms with Gasteiger partial charge in [-0.25, -0.2) is 8.42 Å². The molecular weight excluding hydrogens is 614 g/mol. The van der Waals surface area contributed by atoms with Gasteiger partial charge in [-0.15, -0.1) is 0 Å². The fourth-order valence-electron chi connectivity index (χ4n) is 5.14. The van der Waals surface area contributed by atoms with E-state index in [1.807, 2.05) is 53.3 Å². The average molecular weight is 660 g/mol. The van der Waals surface area contributed by atoms with Crippen molar-refractivity contribution in [2.24, 2.45) is 5.92 Å². The van der Waals surface area contributed by atoms with Crippen LogP contribution in [0.15, 0.2) is 77.3 Å². The van der Waals surface area contributed by atoms with Crippen LogP contribution in [0.2, 0.25) is 0 Å². The Bertz CT molecular complexity index is 1720. The van der Waals surface area contributed by atoms with E-state index in [1.165, 1.54) is 25.7 Å². The predicted molar refractivity (Wildman–Crippen MR) is 184 cm³/mol. The summed E-state index contributed by atoms with van der Waals surface area (Å²) < 4.78 is 37.1. The Balaban J connectivity index is 1.40. The van der Waals surface area contributed by atoms with Crippen molar-refractivity contribution in [1.82, 2.24) is 14.9 Å². The zero-order chi connectivity index (χ0) is 34.0. The van der Waals surface area contributed by atoms with Crippen LogP contribution in [0.3, 0.4) is 0 Å². The van der Waals surface area contributed by atoms with Gasteiger partial charge in [0.1, 0.15) is 5.75 Å². The summed E-state index contributed by atoms with van der Waals surface area (Å²) in [5.41, 5.74) is 3.72. The summed E-state index contributed by atoms with van der Waals surface area (Å²) in [4.78, 5) is 30.7. The number of rotatable bonds is 16. The first kappa shape index (κ1) is 35.5. The number of Topliss-reactive ketones (excluding diaryl/α,β-unsaturated/α-hetero) is 1. The van der Waals surface area contributed by atoms with Crippen molar-refractivity contribution in [1.29, 1.82) is 0 Å². The lowest BCUT2D eigenvalue weighted by Gasteiger charge is -2.19. The number of ketones is 1. The van der Waals surface area contributed by atoms with Gasteiger partial charge >= 0.3 is 0 Å². The lowest BCUT2D eigenvalue weighted by atomic mass is 9.85. The molecule has 0 spiro atoms. The number of nitrogens with one attached hydrogen (secondary N) is 1. The zero-order valence-electron chi connectivity index (χ0n) is 27.9. The van der Waals surface area contributed by atoms with Crippen molar-refractivity contribution in [3.8, 4) is 28.6 Å². The molecule has 250 valence electrons. The van der Waals surface area contributed by atoms with Crippen molar-refractivity contribution in [3.05, 3.63) is 89.5 Å². The minimum Gasteiger partial charge on any atom is -0.494 e. The number of unbranched alkanes of at least 4 members (excludes halogenated alkanes) is 4. The van der Waals surface area contributed by atoms with E-state index in [1.54, 1.807) is 24.3 Å². The molecule has 0 fully saturated rings. The van der Waals surface area contributed by atoms with Gasteiger partial charge < -0.3 is 9.26 Å². The Hall–Kier alpha value is -4.31. The molecule has 1 heterocycles. The number of carbonyl (C=O) groups is 2. The van der Waals surface area contributed by atoms with Crippen LogP contribution in [0.4, 0.5) is 0 Å². The molecule has 3 aromatic carbocycles. The van der Waals surface area contributed by atoms with Gasteiger partial charge in [0, 0.05) is 23.1 Å². The lowest BCUT2D eigenvalue weighted by Crippen LogP contribution is -2.36. The van der Waals surface area contributed by atoms with Crippen LogP contribution in [0.1, 0.15) is 87.7 Å². The molecule has 4 rings (SSSR count). The van der Waals surface area contributed by atoms with E-state index in [9.17, 15) is 18.0 Å². The van der Waals surface area contributed by atoms with Crippen LogP contribution < -0.4 is 9.46 Å². The van der Waals surface area contributed by atoms with Crippen LogP contribution in [0.25, 0.3) is 22.8 Å². The normalized spacial score (nSPS) is 12.4. The molecule has 1 N–H and O–H groups in total. The predicted octanol–water partition coefficient (Wildman–Crippen LogP) is 7.56. The highest BCUT2D eigenvalue weighted by Gasteiger charge is 2.26. The van der Waals surface area contributed by atoms with E-state index >= 15 is 0 Å². The van der Waals surface area contributed by atoms with E-state index in [0.29, 0.717) is 29.4 Å². The first-order valence-electron chi connectivity index (χ1n) is 16.1. The Labute approximate surface area is 278 Å². The number of hydrogen-bond donors (Lipinski definition) is 1. The van der Waals surface area contributed by atoms with Crippen LogP contribution in [-0.2, 0) is 26.7 Å². The molecule has 0 saturated heterocycles. The van der Waals surface area contributed by atoms with Crippen LogP contribution in [0.5, 0.6) is 5.75 Å². The van der Waals surface area contributed by atoms with Gasteiger partial charge in [-0.1, -0.05) is 107 Å². The van der Waals surface area contributed by atoms with Gasteiger partial charge in [-0.3, -0.25) is 14.3 Å². The number of ether oxygens (including phenoxy) is 1. The number of hydrogen-bond acceptors (Lipinski definition) is 8. The number of benzene rings is 3. The van der Waals surface area contributed by atoms with E-state index in [2.05, 4.69) is 37.8 Å². The van der Waals surface area contributed by atoms with Gasteiger partial charge in [-0.05, 0) is 53.6 Å². The first-order valence-corrected chi connectivity index (χ1v) is 18.0. The minimum absolute atomic E-state index is 0.0670. The summed E-state index contributed by atoms with van der Waals surface area (Å²) in [5, 5.41) is 4.13. The van der Waals surface area contributed by atoms with Crippen molar-refractivity contribution in [2.75, 3.05) is 12.9 Å². The molecule has 1 atom stereocenters. The molecule has 0 aliphatic heterocycles. The summed E-state index contributed by atoms with van der Waals surface area (Å²) in [7, 11) is -3.80. The Kier molecular flexibility index (Phi) is 12.1. The number of carbonyl (C=O) groups excluding carboxylic acids is 2. The van der Waals surface area contributed by atoms with Crippen LogP contribution in [-0.4, -0.2) is 43.1 Å². The molecule has 0 unspecified atom stereocenters. The van der Waals surface area contributed by atoms with E-state index < -0.39 is 21.8 Å².